The number of thioether (sulfide) groups is 1. The van der Waals surface area contributed by atoms with Crippen LogP contribution in [-0.4, -0.2) is 43.4 Å². The number of carbonyl (C=O) groups is 1. The van der Waals surface area contributed by atoms with Gasteiger partial charge in [-0.1, -0.05) is 31.4 Å². The van der Waals surface area contributed by atoms with Gasteiger partial charge in [-0.2, -0.15) is 0 Å². The zero-order chi connectivity index (χ0) is 17.8. The first-order chi connectivity index (χ1) is 12.8. The normalized spacial score (nSPS) is 25.1. The van der Waals surface area contributed by atoms with Crippen LogP contribution >= 0.6 is 11.8 Å². The van der Waals surface area contributed by atoms with Crippen LogP contribution in [0.15, 0.2) is 34.2 Å². The van der Waals surface area contributed by atoms with Crippen molar-refractivity contribution >= 4 is 34.6 Å². The Morgan fingerprint density at radius 3 is 2.58 bits per heavy atom. The van der Waals surface area contributed by atoms with E-state index < -0.39 is 0 Å². The summed E-state index contributed by atoms with van der Waals surface area (Å²) in [5.41, 5.74) is 2.25. The summed E-state index contributed by atoms with van der Waals surface area (Å²) < 4.78 is 5.40. The van der Waals surface area contributed by atoms with Gasteiger partial charge in [0, 0.05) is 18.8 Å². The van der Waals surface area contributed by atoms with E-state index in [-0.39, 0.29) is 5.91 Å². The lowest BCUT2D eigenvalue weighted by Gasteiger charge is -2.28. The Morgan fingerprint density at radius 1 is 1.12 bits per heavy atom. The second kappa shape index (κ2) is 8.27. The minimum absolute atomic E-state index is 0.0400. The Kier molecular flexibility index (Phi) is 5.60. The second-order valence-corrected chi connectivity index (χ2v) is 8.01. The number of nitrogens with one attached hydrogen (secondary N) is 1. The molecule has 1 aromatic carbocycles. The molecule has 0 unspecified atom stereocenters. The van der Waals surface area contributed by atoms with Crippen molar-refractivity contribution in [2.45, 2.75) is 38.1 Å². The Bertz CT molecular complexity index is 702. The minimum Gasteiger partial charge on any atom is -0.378 e. The maximum atomic E-state index is 12.2. The summed E-state index contributed by atoms with van der Waals surface area (Å²) in [6.07, 6.45) is 8.04. The summed E-state index contributed by atoms with van der Waals surface area (Å²) in [7, 11) is 0. The van der Waals surface area contributed by atoms with E-state index in [1.54, 1.807) is 0 Å². The number of morpholine rings is 1. The lowest BCUT2D eigenvalue weighted by Crippen LogP contribution is -2.36. The maximum Gasteiger partial charge on any atom is 0.264 e. The lowest BCUT2D eigenvalue weighted by molar-refractivity contribution is -0.115. The SMILES string of the molecule is O=C1NC(=NC2CCCCC2)SC1=Cc1ccc(N2CCOCC2)cc1. The smallest absolute Gasteiger partial charge is 0.264 e. The molecule has 2 aliphatic heterocycles. The number of carbonyl (C=O) groups excluding carboxylic acids is 1. The number of hydrogen-bond acceptors (Lipinski definition) is 5. The van der Waals surface area contributed by atoms with Crippen molar-refractivity contribution in [3.63, 3.8) is 0 Å². The fourth-order valence-corrected chi connectivity index (χ4v) is 4.51. The second-order valence-electron chi connectivity index (χ2n) is 6.98. The highest BCUT2D eigenvalue weighted by Gasteiger charge is 2.25. The number of amides is 1. The Hall–Kier alpha value is -1.79. The molecule has 3 fully saturated rings. The highest BCUT2D eigenvalue weighted by Crippen LogP contribution is 2.29. The Morgan fingerprint density at radius 2 is 1.85 bits per heavy atom. The number of hydrogen-bond donors (Lipinski definition) is 1. The maximum absolute atomic E-state index is 12.2. The minimum atomic E-state index is -0.0400. The van der Waals surface area contributed by atoms with Crippen LogP contribution in [0, 0.1) is 0 Å². The van der Waals surface area contributed by atoms with Crippen LogP contribution in [0.5, 0.6) is 0 Å². The number of ether oxygens (including phenoxy) is 1. The number of nitrogens with zero attached hydrogens (tertiary/aromatic N) is 2. The summed E-state index contributed by atoms with van der Waals surface area (Å²) in [5, 5.41) is 3.68. The van der Waals surface area contributed by atoms with Crippen LogP contribution in [0.2, 0.25) is 0 Å². The third-order valence-electron chi connectivity index (χ3n) is 5.09. The molecule has 0 spiro atoms. The van der Waals surface area contributed by atoms with Crippen molar-refractivity contribution in [3.8, 4) is 0 Å². The Labute approximate surface area is 158 Å². The van der Waals surface area contributed by atoms with Crippen LogP contribution in [0.3, 0.4) is 0 Å². The Balaban J connectivity index is 1.42. The third kappa shape index (κ3) is 4.30. The molecular formula is C20H25N3O2S. The van der Waals surface area contributed by atoms with E-state index >= 15 is 0 Å². The summed E-state index contributed by atoms with van der Waals surface area (Å²) in [4.78, 5) is 20.0. The molecule has 1 aromatic rings. The van der Waals surface area contributed by atoms with Gasteiger partial charge in [-0.15, -0.1) is 0 Å². The van der Waals surface area contributed by atoms with Crippen LogP contribution in [0.4, 0.5) is 5.69 Å². The monoisotopic (exact) mass is 371 g/mol. The first-order valence-corrected chi connectivity index (χ1v) is 10.3. The van der Waals surface area contributed by atoms with Gasteiger partial charge in [0.25, 0.3) is 5.91 Å². The highest BCUT2D eigenvalue weighted by molar-refractivity contribution is 8.18. The van der Waals surface area contributed by atoms with Crippen molar-refractivity contribution in [1.82, 2.24) is 5.32 Å². The van der Waals surface area contributed by atoms with Crippen LogP contribution in [-0.2, 0) is 9.53 Å². The molecule has 1 aliphatic carbocycles. The molecule has 0 aromatic heterocycles. The molecule has 0 atom stereocenters. The molecule has 0 radical (unpaired) electrons. The van der Waals surface area contributed by atoms with Crippen molar-refractivity contribution in [1.29, 1.82) is 0 Å². The molecule has 4 rings (SSSR count). The predicted molar refractivity (Wildman–Crippen MR) is 107 cm³/mol. The van der Waals surface area contributed by atoms with Crippen LogP contribution in [0.25, 0.3) is 6.08 Å². The molecule has 3 aliphatic rings. The first-order valence-electron chi connectivity index (χ1n) is 9.49. The first kappa shape index (κ1) is 17.6. The molecule has 1 N–H and O–H groups in total. The lowest BCUT2D eigenvalue weighted by atomic mass is 9.96. The van der Waals surface area contributed by atoms with E-state index in [1.807, 2.05) is 6.08 Å². The number of amidine groups is 1. The molecule has 1 amide bonds. The molecule has 0 bridgehead atoms. The zero-order valence-electron chi connectivity index (χ0n) is 14.9. The summed E-state index contributed by atoms with van der Waals surface area (Å²) in [6.45, 7) is 3.43. The van der Waals surface area contributed by atoms with Crippen molar-refractivity contribution in [2.75, 3.05) is 31.2 Å². The fourth-order valence-electron chi connectivity index (χ4n) is 3.62. The van der Waals surface area contributed by atoms with E-state index in [0.717, 1.165) is 54.8 Å². The van der Waals surface area contributed by atoms with Gasteiger partial charge in [-0.05, 0) is 48.4 Å². The summed E-state index contributed by atoms with van der Waals surface area (Å²) in [5.74, 6) is -0.0400. The molecule has 5 nitrogen and oxygen atoms in total. The molecule has 2 heterocycles. The third-order valence-corrected chi connectivity index (χ3v) is 6.02. The van der Waals surface area contributed by atoms with E-state index in [0.29, 0.717) is 6.04 Å². The van der Waals surface area contributed by atoms with E-state index in [4.69, 9.17) is 9.73 Å². The van der Waals surface area contributed by atoms with Crippen molar-refractivity contribution in [2.24, 2.45) is 4.99 Å². The average Bonchev–Trinajstić information content (AvgIpc) is 3.03. The van der Waals surface area contributed by atoms with Gasteiger partial charge in [0.2, 0.25) is 0 Å². The van der Waals surface area contributed by atoms with Gasteiger partial charge in [-0.25, -0.2) is 0 Å². The van der Waals surface area contributed by atoms with Gasteiger partial charge < -0.3 is 15.0 Å². The average molecular weight is 372 g/mol. The summed E-state index contributed by atoms with van der Waals surface area (Å²) >= 11 is 1.46. The fraction of sp³-hybridized carbons (Fsp3) is 0.500. The van der Waals surface area contributed by atoms with Crippen LogP contribution < -0.4 is 10.2 Å². The molecular weight excluding hydrogens is 346 g/mol. The van der Waals surface area contributed by atoms with E-state index in [1.165, 1.54) is 36.7 Å². The number of anilines is 1. The summed E-state index contributed by atoms with van der Waals surface area (Å²) in [6, 6.07) is 8.75. The van der Waals surface area contributed by atoms with Gasteiger partial charge in [0.1, 0.15) is 0 Å². The quantitative estimate of drug-likeness (QED) is 0.828. The van der Waals surface area contributed by atoms with Gasteiger partial charge in [-0.3, -0.25) is 9.79 Å². The van der Waals surface area contributed by atoms with Crippen molar-refractivity contribution in [3.05, 3.63) is 34.7 Å². The molecule has 26 heavy (non-hydrogen) atoms. The van der Waals surface area contributed by atoms with E-state index in [9.17, 15) is 4.79 Å². The number of aliphatic imine (C=N–C) groups is 1. The number of rotatable bonds is 3. The molecule has 1 saturated carbocycles. The zero-order valence-corrected chi connectivity index (χ0v) is 15.8. The standard InChI is InChI=1S/C20H25N3O2S/c24-19-18(26-20(22-19)21-16-4-2-1-3-5-16)14-15-6-8-17(9-7-15)23-10-12-25-13-11-23/h6-9,14,16H,1-5,10-13H2,(H,21,22,24). The molecule has 138 valence electrons. The molecule has 6 heteroatoms. The molecule has 2 saturated heterocycles. The van der Waals surface area contributed by atoms with Gasteiger partial charge >= 0.3 is 0 Å². The largest absolute Gasteiger partial charge is 0.378 e. The van der Waals surface area contributed by atoms with Gasteiger partial charge in [0.15, 0.2) is 5.17 Å². The predicted octanol–water partition coefficient (Wildman–Crippen LogP) is 3.42. The van der Waals surface area contributed by atoms with Crippen molar-refractivity contribution < 1.29 is 9.53 Å². The van der Waals surface area contributed by atoms with Gasteiger partial charge in [0.05, 0.1) is 24.2 Å². The topological polar surface area (TPSA) is 53.9 Å². The number of benzene rings is 1. The van der Waals surface area contributed by atoms with E-state index in [2.05, 4.69) is 34.5 Å². The highest BCUT2D eigenvalue weighted by atomic mass is 32.2. The van der Waals surface area contributed by atoms with Crippen LogP contribution in [0.1, 0.15) is 37.7 Å².